The van der Waals surface area contributed by atoms with E-state index in [1.807, 2.05) is 0 Å². The Hall–Kier alpha value is -1.55. The Morgan fingerprint density at radius 2 is 2.21 bits per heavy atom. The molecule has 1 heterocycles. The number of piperidine rings is 1. The van der Waals surface area contributed by atoms with Gasteiger partial charge in [0.1, 0.15) is 5.75 Å². The van der Waals surface area contributed by atoms with Crippen LogP contribution in [0.3, 0.4) is 0 Å². The summed E-state index contributed by atoms with van der Waals surface area (Å²) in [7, 11) is 0. The topological polar surface area (TPSA) is 61.4 Å². The fraction of sp³-hybridized carbons (Fsp3) is 0.533. The van der Waals surface area contributed by atoms with Crippen LogP contribution in [0.5, 0.6) is 5.75 Å². The molecule has 2 rings (SSSR count). The normalized spacial score (nSPS) is 20.8. The van der Waals surface area contributed by atoms with Gasteiger partial charge >= 0.3 is 0 Å². The van der Waals surface area contributed by atoms with Crippen molar-refractivity contribution in [3.05, 3.63) is 29.8 Å². The lowest BCUT2D eigenvalue weighted by Gasteiger charge is -2.29. The van der Waals surface area contributed by atoms with Crippen LogP contribution in [-0.2, 0) is 11.2 Å². The van der Waals surface area contributed by atoms with E-state index in [1.165, 1.54) is 12.8 Å². The molecule has 1 aliphatic rings. The Labute approximate surface area is 114 Å². The second-order valence-corrected chi connectivity index (χ2v) is 5.31. The predicted molar refractivity (Wildman–Crippen MR) is 75.0 cm³/mol. The monoisotopic (exact) mass is 262 g/mol. The first-order valence-corrected chi connectivity index (χ1v) is 6.93. The zero-order valence-electron chi connectivity index (χ0n) is 11.4. The van der Waals surface area contributed by atoms with Crippen LogP contribution >= 0.6 is 0 Å². The van der Waals surface area contributed by atoms with E-state index < -0.39 is 0 Å². The van der Waals surface area contributed by atoms with Gasteiger partial charge in [-0.25, -0.2) is 0 Å². The number of aromatic hydroxyl groups is 1. The summed E-state index contributed by atoms with van der Waals surface area (Å²) in [5.41, 5.74) is 0.921. The summed E-state index contributed by atoms with van der Waals surface area (Å²) in [6.07, 6.45) is 2.72. The molecule has 1 aromatic rings. The smallest absolute Gasteiger partial charge is 0.224 e. The van der Waals surface area contributed by atoms with E-state index in [2.05, 4.69) is 17.6 Å². The number of benzene rings is 1. The largest absolute Gasteiger partial charge is 0.508 e. The van der Waals surface area contributed by atoms with Crippen molar-refractivity contribution in [2.24, 2.45) is 5.92 Å². The average molecular weight is 262 g/mol. The van der Waals surface area contributed by atoms with Crippen LogP contribution in [0, 0.1) is 5.92 Å². The molecule has 1 aliphatic heterocycles. The van der Waals surface area contributed by atoms with Gasteiger partial charge in [0.25, 0.3) is 0 Å². The summed E-state index contributed by atoms with van der Waals surface area (Å²) in [6.45, 7) is 4.15. The van der Waals surface area contributed by atoms with Crippen LogP contribution in [0.4, 0.5) is 0 Å². The van der Waals surface area contributed by atoms with Crippen LogP contribution in [-0.4, -0.2) is 30.1 Å². The molecule has 1 aromatic carbocycles. The summed E-state index contributed by atoms with van der Waals surface area (Å²) in [6, 6.07) is 6.98. The molecule has 19 heavy (non-hydrogen) atoms. The number of phenolic OH excluding ortho intramolecular Hbond substituents is 1. The quantitative estimate of drug-likeness (QED) is 0.769. The number of phenols is 1. The third-order valence-electron chi connectivity index (χ3n) is 3.73. The molecule has 2 unspecified atom stereocenters. The fourth-order valence-corrected chi connectivity index (χ4v) is 2.53. The first-order valence-electron chi connectivity index (χ1n) is 6.93. The van der Waals surface area contributed by atoms with Crippen LogP contribution in [0.2, 0.25) is 0 Å². The number of rotatable bonds is 4. The van der Waals surface area contributed by atoms with Crippen molar-refractivity contribution in [2.45, 2.75) is 32.2 Å². The predicted octanol–water partition coefficient (Wildman–Crippen LogP) is 1.44. The summed E-state index contributed by atoms with van der Waals surface area (Å²) in [5, 5.41) is 15.6. The lowest BCUT2D eigenvalue weighted by atomic mass is 9.92. The van der Waals surface area contributed by atoms with Gasteiger partial charge in [0, 0.05) is 6.04 Å². The summed E-state index contributed by atoms with van der Waals surface area (Å²) < 4.78 is 0. The minimum Gasteiger partial charge on any atom is -0.508 e. The van der Waals surface area contributed by atoms with Gasteiger partial charge < -0.3 is 15.7 Å². The van der Waals surface area contributed by atoms with Crippen molar-refractivity contribution in [1.29, 1.82) is 0 Å². The highest BCUT2D eigenvalue weighted by Crippen LogP contribution is 2.14. The van der Waals surface area contributed by atoms with E-state index in [0.29, 0.717) is 12.3 Å². The van der Waals surface area contributed by atoms with Crippen molar-refractivity contribution in [3.8, 4) is 5.75 Å². The van der Waals surface area contributed by atoms with Gasteiger partial charge in [-0.15, -0.1) is 0 Å². The van der Waals surface area contributed by atoms with Crippen molar-refractivity contribution >= 4 is 5.91 Å². The summed E-state index contributed by atoms with van der Waals surface area (Å²) in [5.74, 6) is 0.798. The molecule has 2 atom stereocenters. The standard InChI is InChI=1S/C15H22N2O2/c1-11(13-3-2-8-16-10-13)17-15(19)9-12-4-6-14(18)7-5-12/h4-7,11,13,16,18H,2-3,8-10H2,1H3,(H,17,19). The van der Waals surface area contributed by atoms with Gasteiger partial charge in [-0.3, -0.25) is 4.79 Å². The zero-order valence-corrected chi connectivity index (χ0v) is 11.4. The van der Waals surface area contributed by atoms with E-state index in [-0.39, 0.29) is 17.7 Å². The molecule has 4 heteroatoms. The minimum atomic E-state index is 0.0452. The highest BCUT2D eigenvalue weighted by atomic mass is 16.3. The molecular formula is C15H22N2O2. The van der Waals surface area contributed by atoms with E-state index in [1.54, 1.807) is 24.3 Å². The third kappa shape index (κ3) is 4.24. The molecule has 4 nitrogen and oxygen atoms in total. The Morgan fingerprint density at radius 1 is 1.47 bits per heavy atom. The second-order valence-electron chi connectivity index (χ2n) is 5.31. The number of hydrogen-bond donors (Lipinski definition) is 3. The highest BCUT2D eigenvalue weighted by molar-refractivity contribution is 5.78. The molecule has 0 saturated carbocycles. The summed E-state index contributed by atoms with van der Waals surface area (Å²) in [4.78, 5) is 12.0. The number of hydrogen-bond acceptors (Lipinski definition) is 3. The van der Waals surface area contributed by atoms with Gasteiger partial charge in [0.2, 0.25) is 5.91 Å². The third-order valence-corrected chi connectivity index (χ3v) is 3.73. The SMILES string of the molecule is CC(NC(=O)Cc1ccc(O)cc1)C1CCCNC1. The molecule has 0 aromatic heterocycles. The van der Waals surface area contributed by atoms with E-state index in [9.17, 15) is 9.90 Å². The van der Waals surface area contributed by atoms with E-state index in [0.717, 1.165) is 18.7 Å². The van der Waals surface area contributed by atoms with Crippen molar-refractivity contribution in [1.82, 2.24) is 10.6 Å². The Bertz CT molecular complexity index is 411. The first kappa shape index (κ1) is 13.9. The maximum Gasteiger partial charge on any atom is 0.224 e. The van der Waals surface area contributed by atoms with Crippen LogP contribution in [0.1, 0.15) is 25.3 Å². The second kappa shape index (κ2) is 6.57. The fourth-order valence-electron chi connectivity index (χ4n) is 2.53. The molecule has 3 N–H and O–H groups in total. The maximum atomic E-state index is 12.0. The van der Waals surface area contributed by atoms with Crippen molar-refractivity contribution in [3.63, 3.8) is 0 Å². The molecule has 1 fully saturated rings. The summed E-state index contributed by atoms with van der Waals surface area (Å²) >= 11 is 0. The van der Waals surface area contributed by atoms with Crippen LogP contribution in [0.25, 0.3) is 0 Å². The van der Waals surface area contributed by atoms with Gasteiger partial charge in [-0.05, 0) is 56.5 Å². The van der Waals surface area contributed by atoms with Gasteiger partial charge in [0.05, 0.1) is 6.42 Å². The molecule has 0 radical (unpaired) electrons. The minimum absolute atomic E-state index is 0.0452. The lowest BCUT2D eigenvalue weighted by molar-refractivity contribution is -0.121. The van der Waals surface area contributed by atoms with E-state index in [4.69, 9.17) is 0 Å². The number of nitrogens with one attached hydrogen (secondary N) is 2. The van der Waals surface area contributed by atoms with Gasteiger partial charge in [-0.1, -0.05) is 12.1 Å². The van der Waals surface area contributed by atoms with Crippen LogP contribution < -0.4 is 10.6 Å². The van der Waals surface area contributed by atoms with Crippen LogP contribution in [0.15, 0.2) is 24.3 Å². The number of amides is 1. The Kier molecular flexibility index (Phi) is 4.80. The molecule has 0 aliphatic carbocycles. The van der Waals surface area contributed by atoms with Gasteiger partial charge in [0.15, 0.2) is 0 Å². The van der Waals surface area contributed by atoms with Gasteiger partial charge in [-0.2, -0.15) is 0 Å². The molecule has 1 saturated heterocycles. The van der Waals surface area contributed by atoms with Crippen molar-refractivity contribution in [2.75, 3.05) is 13.1 Å². The highest BCUT2D eigenvalue weighted by Gasteiger charge is 2.21. The zero-order chi connectivity index (χ0) is 13.7. The Balaban J connectivity index is 1.81. The Morgan fingerprint density at radius 3 is 2.84 bits per heavy atom. The molecular weight excluding hydrogens is 240 g/mol. The lowest BCUT2D eigenvalue weighted by Crippen LogP contribution is -2.45. The molecule has 104 valence electrons. The first-order chi connectivity index (χ1) is 9.15. The molecule has 1 amide bonds. The molecule has 0 spiro atoms. The maximum absolute atomic E-state index is 12.0. The van der Waals surface area contributed by atoms with E-state index >= 15 is 0 Å². The average Bonchev–Trinajstić information content (AvgIpc) is 2.42. The number of carbonyl (C=O) groups excluding carboxylic acids is 1. The molecule has 0 bridgehead atoms. The van der Waals surface area contributed by atoms with Crippen molar-refractivity contribution < 1.29 is 9.90 Å². The number of carbonyl (C=O) groups is 1.